The first kappa shape index (κ1) is 19.9. The van der Waals surface area contributed by atoms with Gasteiger partial charge in [0.15, 0.2) is 0 Å². The van der Waals surface area contributed by atoms with Gasteiger partial charge in [-0.15, -0.1) is 0 Å². The maximum Gasteiger partial charge on any atom is 0.255 e. The molecule has 0 aliphatic carbocycles. The predicted octanol–water partition coefficient (Wildman–Crippen LogP) is 3.63. The van der Waals surface area contributed by atoms with E-state index in [2.05, 4.69) is 15.9 Å². The van der Waals surface area contributed by atoms with Crippen LogP contribution in [0.5, 0.6) is 0 Å². The van der Waals surface area contributed by atoms with Crippen molar-refractivity contribution in [1.82, 2.24) is 9.21 Å². The quantitative estimate of drug-likeness (QED) is 0.706. The standard InChI is InChI=1S/C17H18BrClN2O3S/c1-20(2)25(23,24)13-8-9-16(19)14(10-13)17(22)21(3)11-12-6-4-5-7-15(12)18/h4-10H,11H2,1-3H3. The summed E-state index contributed by atoms with van der Waals surface area (Å²) in [5.41, 5.74) is 1.09. The van der Waals surface area contributed by atoms with Crippen LogP contribution in [0.2, 0.25) is 5.02 Å². The van der Waals surface area contributed by atoms with Gasteiger partial charge in [0, 0.05) is 32.2 Å². The number of benzene rings is 2. The lowest BCUT2D eigenvalue weighted by molar-refractivity contribution is 0.0785. The van der Waals surface area contributed by atoms with Crippen LogP contribution < -0.4 is 0 Å². The van der Waals surface area contributed by atoms with Crippen LogP contribution in [0.4, 0.5) is 0 Å². The first-order valence-electron chi connectivity index (χ1n) is 7.35. The molecule has 1 amide bonds. The molecule has 134 valence electrons. The van der Waals surface area contributed by atoms with Gasteiger partial charge < -0.3 is 4.90 Å². The molecule has 0 bridgehead atoms. The molecule has 0 aromatic heterocycles. The second kappa shape index (κ2) is 7.86. The predicted molar refractivity (Wildman–Crippen MR) is 102 cm³/mol. The van der Waals surface area contributed by atoms with E-state index in [-0.39, 0.29) is 21.4 Å². The van der Waals surface area contributed by atoms with Crippen LogP contribution in [0.3, 0.4) is 0 Å². The van der Waals surface area contributed by atoms with E-state index in [1.54, 1.807) is 7.05 Å². The van der Waals surface area contributed by atoms with Gasteiger partial charge >= 0.3 is 0 Å². The van der Waals surface area contributed by atoms with Gasteiger partial charge in [0.25, 0.3) is 5.91 Å². The highest BCUT2D eigenvalue weighted by Gasteiger charge is 2.22. The Hall–Kier alpha value is -1.41. The van der Waals surface area contributed by atoms with Crippen molar-refractivity contribution >= 4 is 43.5 Å². The van der Waals surface area contributed by atoms with E-state index in [0.717, 1.165) is 14.3 Å². The number of amides is 1. The Kier molecular flexibility index (Phi) is 6.26. The first-order valence-corrected chi connectivity index (χ1v) is 9.96. The minimum Gasteiger partial charge on any atom is -0.337 e. The highest BCUT2D eigenvalue weighted by atomic mass is 79.9. The van der Waals surface area contributed by atoms with E-state index in [1.807, 2.05) is 24.3 Å². The molecule has 0 atom stereocenters. The number of carbonyl (C=O) groups excluding carboxylic acids is 1. The summed E-state index contributed by atoms with van der Waals surface area (Å²) < 4.78 is 26.5. The van der Waals surface area contributed by atoms with Gasteiger partial charge in [0.05, 0.1) is 15.5 Å². The number of rotatable bonds is 5. The van der Waals surface area contributed by atoms with Gasteiger partial charge in [0.1, 0.15) is 0 Å². The number of hydrogen-bond acceptors (Lipinski definition) is 3. The van der Waals surface area contributed by atoms with Gasteiger partial charge in [-0.25, -0.2) is 12.7 Å². The Morgan fingerprint density at radius 1 is 1.12 bits per heavy atom. The van der Waals surface area contributed by atoms with Gasteiger partial charge in [-0.2, -0.15) is 0 Å². The second-order valence-corrected chi connectivity index (χ2v) is 9.10. The first-order chi connectivity index (χ1) is 11.6. The third kappa shape index (κ3) is 4.41. The topological polar surface area (TPSA) is 57.7 Å². The molecule has 0 heterocycles. The number of sulfonamides is 1. The Morgan fingerprint density at radius 2 is 1.76 bits per heavy atom. The minimum atomic E-state index is -3.64. The van der Waals surface area contributed by atoms with Gasteiger partial charge in [0.2, 0.25) is 10.0 Å². The summed E-state index contributed by atoms with van der Waals surface area (Å²) in [4.78, 5) is 14.3. The molecule has 0 fully saturated rings. The molecule has 8 heteroatoms. The van der Waals surface area contributed by atoms with E-state index in [4.69, 9.17) is 11.6 Å². The summed E-state index contributed by atoms with van der Waals surface area (Å²) in [6.45, 7) is 0.362. The average molecular weight is 446 g/mol. The molecule has 0 saturated carbocycles. The van der Waals surface area contributed by atoms with Crippen molar-refractivity contribution in [3.63, 3.8) is 0 Å². The van der Waals surface area contributed by atoms with Crippen LogP contribution in [0.25, 0.3) is 0 Å². The molecule has 0 spiro atoms. The van der Waals surface area contributed by atoms with E-state index < -0.39 is 10.0 Å². The number of halogens is 2. The summed E-state index contributed by atoms with van der Waals surface area (Å²) in [6.07, 6.45) is 0. The fourth-order valence-corrected chi connectivity index (χ4v) is 3.74. The van der Waals surface area contributed by atoms with Crippen molar-refractivity contribution in [2.75, 3.05) is 21.1 Å². The Balaban J connectivity index is 2.34. The maximum absolute atomic E-state index is 12.7. The normalized spacial score (nSPS) is 11.6. The highest BCUT2D eigenvalue weighted by Crippen LogP contribution is 2.24. The summed E-state index contributed by atoms with van der Waals surface area (Å²) in [6, 6.07) is 11.7. The lowest BCUT2D eigenvalue weighted by Gasteiger charge is -2.20. The van der Waals surface area contributed by atoms with Crippen LogP contribution in [0.15, 0.2) is 51.8 Å². The fraction of sp³-hybridized carbons (Fsp3) is 0.235. The molecule has 0 N–H and O–H groups in total. The van der Waals surface area contributed by atoms with Crippen molar-refractivity contribution in [2.24, 2.45) is 0 Å². The molecule has 5 nitrogen and oxygen atoms in total. The third-order valence-corrected chi connectivity index (χ3v) is 6.57. The van der Waals surface area contributed by atoms with Gasteiger partial charge in [-0.1, -0.05) is 45.7 Å². The van der Waals surface area contributed by atoms with E-state index >= 15 is 0 Å². The number of nitrogens with zero attached hydrogens (tertiary/aromatic N) is 2. The maximum atomic E-state index is 12.7. The zero-order valence-electron chi connectivity index (χ0n) is 14.0. The summed E-state index contributed by atoms with van der Waals surface area (Å²) in [7, 11) is 0.870. The minimum absolute atomic E-state index is 0.0274. The molecule has 2 aromatic carbocycles. The summed E-state index contributed by atoms with van der Waals surface area (Å²) >= 11 is 9.58. The van der Waals surface area contributed by atoms with Crippen LogP contribution in [-0.2, 0) is 16.6 Å². The smallest absolute Gasteiger partial charge is 0.255 e. The molecule has 0 saturated heterocycles. The molecule has 0 unspecified atom stereocenters. The monoisotopic (exact) mass is 444 g/mol. The molecule has 2 rings (SSSR count). The molecular weight excluding hydrogens is 428 g/mol. The molecule has 25 heavy (non-hydrogen) atoms. The van der Waals surface area contributed by atoms with E-state index in [9.17, 15) is 13.2 Å². The van der Waals surface area contributed by atoms with E-state index in [0.29, 0.717) is 6.54 Å². The van der Waals surface area contributed by atoms with Crippen molar-refractivity contribution in [3.8, 4) is 0 Å². The average Bonchev–Trinajstić information content (AvgIpc) is 2.56. The summed E-state index contributed by atoms with van der Waals surface area (Å²) in [5.74, 6) is -0.350. The lowest BCUT2D eigenvalue weighted by Crippen LogP contribution is -2.27. The number of hydrogen-bond donors (Lipinski definition) is 0. The highest BCUT2D eigenvalue weighted by molar-refractivity contribution is 9.10. The van der Waals surface area contributed by atoms with Crippen LogP contribution in [0.1, 0.15) is 15.9 Å². The van der Waals surface area contributed by atoms with Gasteiger partial charge in [-0.05, 0) is 29.8 Å². The van der Waals surface area contributed by atoms with Crippen LogP contribution in [0, 0.1) is 0 Å². The zero-order chi connectivity index (χ0) is 18.8. The molecule has 0 aliphatic rings. The molecule has 0 aliphatic heterocycles. The Labute approximate surface area is 161 Å². The number of carbonyl (C=O) groups is 1. The zero-order valence-corrected chi connectivity index (χ0v) is 17.2. The lowest BCUT2D eigenvalue weighted by atomic mass is 10.1. The molecule has 0 radical (unpaired) electrons. The Bertz CT molecular complexity index is 901. The van der Waals surface area contributed by atoms with E-state index in [1.165, 1.54) is 37.2 Å². The van der Waals surface area contributed by atoms with Crippen molar-refractivity contribution in [3.05, 3.63) is 63.1 Å². The largest absolute Gasteiger partial charge is 0.337 e. The second-order valence-electron chi connectivity index (χ2n) is 5.68. The van der Waals surface area contributed by atoms with Crippen LogP contribution >= 0.6 is 27.5 Å². The van der Waals surface area contributed by atoms with Gasteiger partial charge in [-0.3, -0.25) is 4.79 Å². The van der Waals surface area contributed by atoms with Crippen molar-refractivity contribution in [1.29, 1.82) is 0 Å². The SMILES string of the molecule is CN(Cc1ccccc1Br)C(=O)c1cc(S(=O)(=O)N(C)C)ccc1Cl. The summed E-state index contributed by atoms with van der Waals surface area (Å²) in [5, 5.41) is 0.210. The molecule has 2 aromatic rings. The van der Waals surface area contributed by atoms with Crippen molar-refractivity contribution in [2.45, 2.75) is 11.4 Å². The van der Waals surface area contributed by atoms with Crippen molar-refractivity contribution < 1.29 is 13.2 Å². The Morgan fingerprint density at radius 3 is 2.36 bits per heavy atom. The molecular formula is C17H18BrClN2O3S. The third-order valence-electron chi connectivity index (χ3n) is 3.66. The fourth-order valence-electron chi connectivity index (χ4n) is 2.20. The van der Waals surface area contributed by atoms with Crippen LogP contribution in [-0.4, -0.2) is 44.7 Å².